The van der Waals surface area contributed by atoms with Crippen molar-refractivity contribution < 1.29 is 14.6 Å². The maximum absolute atomic E-state index is 9.81. The van der Waals surface area contributed by atoms with Crippen LogP contribution in [-0.2, 0) is 13.1 Å². The molecule has 0 fully saturated rings. The van der Waals surface area contributed by atoms with Gasteiger partial charge >= 0.3 is 0 Å². The molecule has 6 nitrogen and oxygen atoms in total. The lowest BCUT2D eigenvalue weighted by molar-refractivity contribution is 0.318. The van der Waals surface area contributed by atoms with Crippen LogP contribution in [0.1, 0.15) is 31.9 Å². The number of aliphatic imine (C=N–C) groups is 1. The highest BCUT2D eigenvalue weighted by Gasteiger charge is 2.06. The Morgan fingerprint density at radius 1 is 0.963 bits per heavy atom. The lowest BCUT2D eigenvalue weighted by atomic mass is 10.2. The van der Waals surface area contributed by atoms with Crippen molar-refractivity contribution in [1.29, 1.82) is 0 Å². The first-order valence-electron chi connectivity index (χ1n) is 9.35. The molecule has 0 spiro atoms. The Morgan fingerprint density at radius 2 is 1.70 bits per heavy atom. The SMILES string of the molecule is CCNC(=NCc1ccc(O)c(OCC)c1)NCc1ccccc1OCC. The second-order valence-corrected chi connectivity index (χ2v) is 5.82. The number of phenols is 1. The van der Waals surface area contributed by atoms with E-state index in [-0.39, 0.29) is 5.75 Å². The zero-order valence-corrected chi connectivity index (χ0v) is 16.3. The maximum atomic E-state index is 9.81. The van der Waals surface area contributed by atoms with Crippen LogP contribution in [0.5, 0.6) is 17.2 Å². The zero-order valence-electron chi connectivity index (χ0n) is 16.3. The number of nitrogens with one attached hydrogen (secondary N) is 2. The van der Waals surface area contributed by atoms with Gasteiger partial charge in [-0.3, -0.25) is 0 Å². The number of rotatable bonds is 9. The molecule has 2 aromatic carbocycles. The van der Waals surface area contributed by atoms with E-state index >= 15 is 0 Å². The van der Waals surface area contributed by atoms with Gasteiger partial charge in [0.05, 0.1) is 19.8 Å². The Morgan fingerprint density at radius 3 is 2.44 bits per heavy atom. The fourth-order valence-corrected chi connectivity index (χ4v) is 2.57. The molecule has 0 aliphatic heterocycles. The number of guanidine groups is 1. The molecular weight excluding hydrogens is 342 g/mol. The van der Waals surface area contributed by atoms with E-state index in [2.05, 4.69) is 15.6 Å². The molecule has 0 atom stereocenters. The number of para-hydroxylation sites is 1. The molecular formula is C21H29N3O3. The third kappa shape index (κ3) is 6.40. The van der Waals surface area contributed by atoms with E-state index in [0.29, 0.717) is 32.1 Å². The van der Waals surface area contributed by atoms with Crippen LogP contribution in [0, 0.1) is 0 Å². The number of hydrogen-bond acceptors (Lipinski definition) is 4. The number of ether oxygens (including phenoxy) is 2. The molecule has 2 rings (SSSR count). The van der Waals surface area contributed by atoms with Crippen molar-refractivity contribution in [2.45, 2.75) is 33.9 Å². The summed E-state index contributed by atoms with van der Waals surface area (Å²) in [5.41, 5.74) is 2.04. The summed E-state index contributed by atoms with van der Waals surface area (Å²) in [6.07, 6.45) is 0. The Labute approximate surface area is 161 Å². The van der Waals surface area contributed by atoms with Gasteiger partial charge in [0.1, 0.15) is 5.75 Å². The van der Waals surface area contributed by atoms with Crippen molar-refractivity contribution in [1.82, 2.24) is 10.6 Å². The number of phenolic OH excluding ortho intramolecular Hbond substituents is 1. The quantitative estimate of drug-likeness (QED) is 0.465. The lowest BCUT2D eigenvalue weighted by Gasteiger charge is -2.14. The van der Waals surface area contributed by atoms with Gasteiger partial charge in [-0.25, -0.2) is 4.99 Å². The molecule has 0 bridgehead atoms. The van der Waals surface area contributed by atoms with Crippen molar-refractivity contribution in [3.63, 3.8) is 0 Å². The molecule has 6 heteroatoms. The highest BCUT2D eigenvalue weighted by Crippen LogP contribution is 2.27. The first-order valence-corrected chi connectivity index (χ1v) is 9.35. The number of hydrogen-bond donors (Lipinski definition) is 3. The number of benzene rings is 2. The predicted octanol–water partition coefficient (Wildman–Crippen LogP) is 3.44. The normalized spacial score (nSPS) is 11.1. The van der Waals surface area contributed by atoms with E-state index in [1.165, 1.54) is 0 Å². The van der Waals surface area contributed by atoms with Gasteiger partial charge < -0.3 is 25.2 Å². The first-order chi connectivity index (χ1) is 13.2. The minimum atomic E-state index is 0.141. The summed E-state index contributed by atoms with van der Waals surface area (Å²) in [6.45, 7) is 8.88. The molecule has 2 aromatic rings. The van der Waals surface area contributed by atoms with Crippen LogP contribution in [0.3, 0.4) is 0 Å². The fraction of sp³-hybridized carbons (Fsp3) is 0.381. The van der Waals surface area contributed by atoms with Crippen LogP contribution in [0.2, 0.25) is 0 Å². The molecule has 0 aromatic heterocycles. The Bertz CT molecular complexity index is 747. The molecule has 0 aliphatic carbocycles. The second kappa shape index (κ2) is 11.0. The Kier molecular flexibility index (Phi) is 8.29. The summed E-state index contributed by atoms with van der Waals surface area (Å²) in [6, 6.07) is 13.3. The summed E-state index contributed by atoms with van der Waals surface area (Å²) in [4.78, 5) is 4.62. The maximum Gasteiger partial charge on any atom is 0.191 e. The summed E-state index contributed by atoms with van der Waals surface area (Å²) in [5, 5.41) is 16.4. The third-order valence-electron chi connectivity index (χ3n) is 3.81. The first kappa shape index (κ1) is 20.4. The Balaban J connectivity index is 2.05. The van der Waals surface area contributed by atoms with Crippen LogP contribution >= 0.6 is 0 Å². The molecule has 27 heavy (non-hydrogen) atoms. The molecule has 0 heterocycles. The second-order valence-electron chi connectivity index (χ2n) is 5.82. The monoisotopic (exact) mass is 371 g/mol. The highest BCUT2D eigenvalue weighted by atomic mass is 16.5. The summed E-state index contributed by atoms with van der Waals surface area (Å²) in [5.74, 6) is 2.22. The number of nitrogens with zero attached hydrogens (tertiary/aromatic N) is 1. The largest absolute Gasteiger partial charge is 0.504 e. The van der Waals surface area contributed by atoms with Gasteiger partial charge in [0.15, 0.2) is 17.5 Å². The van der Waals surface area contributed by atoms with E-state index < -0.39 is 0 Å². The topological polar surface area (TPSA) is 75.1 Å². The van der Waals surface area contributed by atoms with Gasteiger partial charge in [-0.05, 0) is 44.5 Å². The smallest absolute Gasteiger partial charge is 0.191 e. The third-order valence-corrected chi connectivity index (χ3v) is 3.81. The molecule has 0 saturated carbocycles. The van der Waals surface area contributed by atoms with Gasteiger partial charge in [0.2, 0.25) is 0 Å². The van der Waals surface area contributed by atoms with Gasteiger partial charge in [-0.1, -0.05) is 24.3 Å². The molecule has 0 radical (unpaired) electrons. The standard InChI is InChI=1S/C21H29N3O3/c1-4-22-21(24-15-17-9-7-8-10-19(17)26-5-2)23-14-16-11-12-18(25)20(13-16)27-6-3/h7-13,25H,4-6,14-15H2,1-3H3,(H2,22,23,24). The van der Waals surface area contributed by atoms with E-state index in [0.717, 1.165) is 29.4 Å². The van der Waals surface area contributed by atoms with Crippen LogP contribution in [0.4, 0.5) is 0 Å². The van der Waals surface area contributed by atoms with Gasteiger partial charge in [0, 0.05) is 18.7 Å². The number of aromatic hydroxyl groups is 1. The molecule has 0 unspecified atom stereocenters. The fourth-order valence-electron chi connectivity index (χ4n) is 2.57. The molecule has 0 amide bonds. The van der Waals surface area contributed by atoms with Crippen molar-refractivity contribution in [3.05, 3.63) is 53.6 Å². The predicted molar refractivity (Wildman–Crippen MR) is 109 cm³/mol. The average Bonchev–Trinajstić information content (AvgIpc) is 2.68. The average molecular weight is 371 g/mol. The molecule has 146 valence electrons. The molecule has 3 N–H and O–H groups in total. The van der Waals surface area contributed by atoms with Gasteiger partial charge in [-0.15, -0.1) is 0 Å². The van der Waals surface area contributed by atoms with E-state index in [4.69, 9.17) is 9.47 Å². The minimum absolute atomic E-state index is 0.141. The van der Waals surface area contributed by atoms with Crippen LogP contribution in [0.25, 0.3) is 0 Å². The zero-order chi connectivity index (χ0) is 19.5. The minimum Gasteiger partial charge on any atom is -0.504 e. The van der Waals surface area contributed by atoms with E-state index in [1.807, 2.05) is 57.2 Å². The summed E-state index contributed by atoms with van der Waals surface area (Å²) >= 11 is 0. The van der Waals surface area contributed by atoms with E-state index in [9.17, 15) is 5.11 Å². The Hall–Kier alpha value is -2.89. The van der Waals surface area contributed by atoms with Gasteiger partial charge in [-0.2, -0.15) is 0 Å². The van der Waals surface area contributed by atoms with E-state index in [1.54, 1.807) is 6.07 Å². The van der Waals surface area contributed by atoms with Crippen LogP contribution in [0.15, 0.2) is 47.5 Å². The highest BCUT2D eigenvalue weighted by molar-refractivity contribution is 5.79. The van der Waals surface area contributed by atoms with Crippen molar-refractivity contribution in [2.24, 2.45) is 4.99 Å². The molecule has 0 saturated heterocycles. The van der Waals surface area contributed by atoms with Crippen molar-refractivity contribution in [2.75, 3.05) is 19.8 Å². The summed E-state index contributed by atoms with van der Waals surface area (Å²) < 4.78 is 11.1. The van der Waals surface area contributed by atoms with Crippen LogP contribution < -0.4 is 20.1 Å². The van der Waals surface area contributed by atoms with Crippen molar-refractivity contribution >= 4 is 5.96 Å². The summed E-state index contributed by atoms with van der Waals surface area (Å²) in [7, 11) is 0. The van der Waals surface area contributed by atoms with Crippen molar-refractivity contribution in [3.8, 4) is 17.2 Å². The van der Waals surface area contributed by atoms with Gasteiger partial charge in [0.25, 0.3) is 0 Å². The molecule has 0 aliphatic rings. The lowest BCUT2D eigenvalue weighted by Crippen LogP contribution is -2.36. The van der Waals surface area contributed by atoms with Crippen LogP contribution in [-0.4, -0.2) is 30.8 Å².